The fourth-order valence-electron chi connectivity index (χ4n) is 5.13. The van der Waals surface area contributed by atoms with Gasteiger partial charge in [-0.2, -0.15) is 0 Å². The summed E-state index contributed by atoms with van der Waals surface area (Å²) in [7, 11) is -4.81. The zero-order chi connectivity index (χ0) is 34.3. The van der Waals surface area contributed by atoms with Crippen molar-refractivity contribution >= 4 is 25.7 Å². The van der Waals surface area contributed by atoms with Crippen LogP contribution in [0.1, 0.15) is 168 Å². The molecule has 0 aliphatic rings. The topological polar surface area (TPSA) is 169 Å². The van der Waals surface area contributed by atoms with E-state index in [4.69, 9.17) is 24.0 Å². The standard InChI is InChI=1S/C34H66NO10P/c1-3-5-7-9-11-13-15-17-19-21-23-25-32(37)43-28-30(29-44-34(39)31(27-36)35-46(40,41)42)45-33(38)26-24-22-20-18-16-14-12-10-8-6-4-2/h30-31,36H,3-29H2,1-2H3,(H3,35,40,41,42)/t30?,31-/m0/s1. The van der Waals surface area contributed by atoms with Crippen LogP contribution in [0.25, 0.3) is 0 Å². The number of aliphatic hydroxyl groups is 1. The normalized spacial score (nSPS) is 12.9. The smallest absolute Gasteiger partial charge is 0.401 e. The van der Waals surface area contributed by atoms with Gasteiger partial charge in [-0.1, -0.05) is 142 Å². The van der Waals surface area contributed by atoms with Crippen LogP contribution in [-0.4, -0.2) is 64.8 Å². The first-order valence-corrected chi connectivity index (χ1v) is 19.7. The molecule has 0 saturated heterocycles. The molecule has 1 unspecified atom stereocenters. The van der Waals surface area contributed by atoms with Crippen molar-refractivity contribution < 1.29 is 48.1 Å². The molecule has 4 N–H and O–H groups in total. The number of unbranched alkanes of at least 4 members (excludes halogenated alkanes) is 20. The number of carbonyl (C=O) groups excluding carboxylic acids is 3. The monoisotopic (exact) mass is 679 g/mol. The van der Waals surface area contributed by atoms with Crippen molar-refractivity contribution in [2.75, 3.05) is 19.8 Å². The van der Waals surface area contributed by atoms with Gasteiger partial charge < -0.3 is 29.1 Å². The van der Waals surface area contributed by atoms with Gasteiger partial charge in [-0.05, 0) is 12.8 Å². The van der Waals surface area contributed by atoms with E-state index in [0.717, 1.165) is 38.5 Å². The average Bonchev–Trinajstić information content (AvgIpc) is 3.01. The van der Waals surface area contributed by atoms with Crippen LogP contribution in [0.4, 0.5) is 0 Å². The fraction of sp³-hybridized carbons (Fsp3) is 0.912. The lowest BCUT2D eigenvalue weighted by Gasteiger charge is -2.20. The second kappa shape index (κ2) is 30.8. The van der Waals surface area contributed by atoms with Gasteiger partial charge in [0.2, 0.25) is 0 Å². The summed E-state index contributed by atoms with van der Waals surface area (Å²) in [4.78, 5) is 55.2. The van der Waals surface area contributed by atoms with Gasteiger partial charge in [0.15, 0.2) is 6.10 Å². The highest BCUT2D eigenvalue weighted by Gasteiger charge is 2.28. The van der Waals surface area contributed by atoms with E-state index in [1.54, 1.807) is 5.09 Å². The van der Waals surface area contributed by atoms with E-state index in [1.807, 2.05) is 0 Å². The highest BCUT2D eigenvalue weighted by molar-refractivity contribution is 7.49. The Kier molecular flexibility index (Phi) is 29.8. The van der Waals surface area contributed by atoms with E-state index in [1.165, 1.54) is 89.9 Å². The van der Waals surface area contributed by atoms with E-state index < -0.39 is 51.0 Å². The first-order chi connectivity index (χ1) is 22.1. The third-order valence-electron chi connectivity index (χ3n) is 7.90. The molecule has 2 atom stereocenters. The minimum absolute atomic E-state index is 0.174. The molecule has 0 aliphatic carbocycles. The van der Waals surface area contributed by atoms with E-state index in [-0.39, 0.29) is 19.4 Å². The Morgan fingerprint density at radius 3 is 1.35 bits per heavy atom. The van der Waals surface area contributed by atoms with Crippen LogP contribution in [0, 0.1) is 0 Å². The van der Waals surface area contributed by atoms with Crippen molar-refractivity contribution in [2.45, 2.75) is 180 Å². The van der Waals surface area contributed by atoms with Gasteiger partial charge >= 0.3 is 25.7 Å². The molecule has 0 heterocycles. The molecule has 0 rings (SSSR count). The molecule has 0 aromatic carbocycles. The lowest BCUT2D eigenvalue weighted by atomic mass is 10.1. The largest absolute Gasteiger partial charge is 0.462 e. The van der Waals surface area contributed by atoms with Crippen molar-refractivity contribution in [3.63, 3.8) is 0 Å². The number of hydrogen-bond acceptors (Lipinski definition) is 8. The average molecular weight is 680 g/mol. The minimum atomic E-state index is -4.81. The Balaban J connectivity index is 4.49. The van der Waals surface area contributed by atoms with E-state index in [9.17, 15) is 24.1 Å². The first kappa shape index (κ1) is 44.5. The summed E-state index contributed by atoms with van der Waals surface area (Å²) in [6.07, 6.45) is 24.7. The summed E-state index contributed by atoms with van der Waals surface area (Å²) in [5.74, 6) is -2.08. The zero-order valence-corrected chi connectivity index (χ0v) is 29.8. The van der Waals surface area contributed by atoms with E-state index in [2.05, 4.69) is 13.8 Å². The maximum absolute atomic E-state index is 12.5. The van der Waals surface area contributed by atoms with E-state index >= 15 is 0 Å². The number of rotatable bonds is 33. The fourth-order valence-corrected chi connectivity index (χ4v) is 5.73. The molecule has 11 nitrogen and oxygen atoms in total. The van der Waals surface area contributed by atoms with Crippen LogP contribution in [0.15, 0.2) is 0 Å². The Hall–Kier alpha value is -1.52. The van der Waals surface area contributed by atoms with Crippen LogP contribution in [0.2, 0.25) is 0 Å². The van der Waals surface area contributed by atoms with Crippen LogP contribution in [0.5, 0.6) is 0 Å². The summed E-state index contributed by atoms with van der Waals surface area (Å²) < 4.78 is 27.0. The van der Waals surface area contributed by atoms with Gasteiger partial charge in [-0.25, -0.2) is 9.65 Å². The molecule has 0 bridgehead atoms. The molecular weight excluding hydrogens is 613 g/mol. The SMILES string of the molecule is CCCCCCCCCCCCCC(=O)OCC(COC(=O)[C@H](CO)NP(=O)(O)O)OC(=O)CCCCCCCCCCCCC. The van der Waals surface area contributed by atoms with Gasteiger partial charge in [0.1, 0.15) is 19.3 Å². The van der Waals surface area contributed by atoms with Gasteiger partial charge in [-0.15, -0.1) is 0 Å². The Bertz CT molecular complexity index is 807. The minimum Gasteiger partial charge on any atom is -0.462 e. The Morgan fingerprint density at radius 2 is 0.957 bits per heavy atom. The predicted octanol–water partition coefficient (Wildman–Crippen LogP) is 7.43. The second-order valence-corrected chi connectivity index (χ2v) is 13.8. The van der Waals surface area contributed by atoms with Gasteiger partial charge in [0.25, 0.3) is 0 Å². The Morgan fingerprint density at radius 1 is 0.587 bits per heavy atom. The number of esters is 3. The molecule has 0 aromatic heterocycles. The highest BCUT2D eigenvalue weighted by atomic mass is 31.2. The maximum atomic E-state index is 12.5. The molecule has 0 spiro atoms. The van der Waals surface area contributed by atoms with Crippen molar-refractivity contribution in [1.29, 1.82) is 0 Å². The van der Waals surface area contributed by atoms with Crippen LogP contribution in [0.3, 0.4) is 0 Å². The van der Waals surface area contributed by atoms with Crippen molar-refractivity contribution in [1.82, 2.24) is 5.09 Å². The Labute approximate surface area is 278 Å². The second-order valence-electron chi connectivity index (χ2n) is 12.4. The molecule has 272 valence electrons. The lowest BCUT2D eigenvalue weighted by Crippen LogP contribution is -2.41. The third-order valence-corrected chi connectivity index (χ3v) is 8.55. The van der Waals surface area contributed by atoms with Crippen molar-refractivity contribution in [2.24, 2.45) is 0 Å². The van der Waals surface area contributed by atoms with Crippen LogP contribution >= 0.6 is 7.75 Å². The lowest BCUT2D eigenvalue weighted by molar-refractivity contribution is -0.167. The number of nitrogens with one attached hydrogen (secondary N) is 1. The molecule has 12 heteroatoms. The number of aliphatic hydroxyl groups excluding tert-OH is 1. The maximum Gasteiger partial charge on any atom is 0.401 e. The molecule has 0 aromatic rings. The molecule has 0 radical (unpaired) electrons. The van der Waals surface area contributed by atoms with Gasteiger partial charge in [0, 0.05) is 12.8 Å². The molecule has 46 heavy (non-hydrogen) atoms. The molecular formula is C34H66NO10P. The van der Waals surface area contributed by atoms with Crippen LogP contribution < -0.4 is 5.09 Å². The summed E-state index contributed by atoms with van der Waals surface area (Å²) >= 11 is 0. The zero-order valence-electron chi connectivity index (χ0n) is 28.9. The number of carbonyl (C=O) groups is 3. The quantitative estimate of drug-likeness (QED) is 0.0236. The van der Waals surface area contributed by atoms with Gasteiger partial charge in [0.05, 0.1) is 6.61 Å². The molecule has 0 aliphatic heterocycles. The molecule has 0 amide bonds. The molecule has 0 fully saturated rings. The number of ether oxygens (including phenoxy) is 3. The summed E-state index contributed by atoms with van der Waals surface area (Å²) in [6.45, 7) is 2.71. The van der Waals surface area contributed by atoms with Crippen LogP contribution in [-0.2, 0) is 33.2 Å². The first-order valence-electron chi connectivity index (χ1n) is 18.1. The van der Waals surface area contributed by atoms with Crippen molar-refractivity contribution in [3.8, 4) is 0 Å². The summed E-state index contributed by atoms with van der Waals surface area (Å²) in [6, 6.07) is -1.67. The van der Waals surface area contributed by atoms with E-state index in [0.29, 0.717) is 12.8 Å². The number of hydrogen-bond donors (Lipinski definition) is 4. The summed E-state index contributed by atoms with van der Waals surface area (Å²) in [5.41, 5.74) is 0. The van der Waals surface area contributed by atoms with Crippen molar-refractivity contribution in [3.05, 3.63) is 0 Å². The summed E-state index contributed by atoms with van der Waals surface area (Å²) in [5, 5.41) is 11.0. The van der Waals surface area contributed by atoms with Gasteiger partial charge in [-0.3, -0.25) is 14.4 Å². The third kappa shape index (κ3) is 29.9. The predicted molar refractivity (Wildman–Crippen MR) is 180 cm³/mol. The molecule has 0 saturated carbocycles. The highest BCUT2D eigenvalue weighted by Crippen LogP contribution is 2.29.